The molecule has 0 aromatic rings. The van der Waals surface area contributed by atoms with Crippen LogP contribution in [-0.4, -0.2) is 86.5 Å². The molecule has 0 saturated carbocycles. The Morgan fingerprint density at radius 1 is 0.800 bits per heavy atom. The van der Waals surface area contributed by atoms with E-state index in [0.29, 0.717) is 44.3 Å². The Hall–Kier alpha value is -3.48. The molecule has 4 N–H and O–H groups in total. The van der Waals surface area contributed by atoms with E-state index in [2.05, 4.69) is 26.0 Å². The third-order valence-corrected chi connectivity index (χ3v) is 14.0. The quantitative estimate of drug-likeness (QED) is 0.113. The normalized spacial score (nSPS) is 38.5. The first kappa shape index (κ1) is 47.6. The molecule has 2 aliphatic heterocycles. The summed E-state index contributed by atoms with van der Waals surface area (Å²) in [6.07, 6.45) is 14.1. The first-order valence-corrected chi connectivity index (χ1v) is 22.7. The molecule has 0 amide bonds. The van der Waals surface area contributed by atoms with Crippen LogP contribution in [0, 0.1) is 53.3 Å². The molecule has 3 unspecified atom stereocenters. The van der Waals surface area contributed by atoms with Gasteiger partial charge in [0.2, 0.25) is 0 Å². The highest BCUT2D eigenvalue weighted by molar-refractivity contribution is 5.73. The summed E-state index contributed by atoms with van der Waals surface area (Å²) >= 11 is 0. The van der Waals surface area contributed by atoms with Crippen molar-refractivity contribution < 1.29 is 58.6 Å². The second-order valence-corrected chi connectivity index (χ2v) is 19.2. The van der Waals surface area contributed by atoms with Gasteiger partial charge in [0.1, 0.15) is 24.4 Å². The molecule has 0 radical (unpaired) electrons. The average molecular weight is 841 g/mol. The lowest BCUT2D eigenvalue weighted by molar-refractivity contribution is -0.163. The largest absolute Gasteiger partial charge is 0.512 e. The van der Waals surface area contributed by atoms with E-state index in [1.807, 2.05) is 52.8 Å². The van der Waals surface area contributed by atoms with Crippen LogP contribution in [0.3, 0.4) is 0 Å². The van der Waals surface area contributed by atoms with Crippen molar-refractivity contribution in [2.45, 2.75) is 175 Å². The zero-order valence-electron chi connectivity index (χ0n) is 37.1. The molecular weight excluding hydrogens is 769 g/mol. The summed E-state index contributed by atoms with van der Waals surface area (Å²) in [6.45, 7) is 15.7. The van der Waals surface area contributed by atoms with Gasteiger partial charge in [0.25, 0.3) is 0 Å². The molecule has 6 aliphatic rings. The molecule has 0 spiro atoms. The first-order valence-electron chi connectivity index (χ1n) is 22.7. The summed E-state index contributed by atoms with van der Waals surface area (Å²) in [6, 6.07) is 0. The van der Waals surface area contributed by atoms with Gasteiger partial charge < -0.3 is 39.4 Å². The number of fused-ring (bicyclic) bond motifs is 2. The number of carbonyl (C=O) groups is 4. The molecule has 4 aliphatic carbocycles. The Morgan fingerprint density at radius 2 is 1.32 bits per heavy atom. The molecule has 12 heteroatoms. The van der Waals surface area contributed by atoms with Crippen LogP contribution in [0.15, 0.2) is 47.3 Å². The topological polar surface area (TPSA) is 186 Å². The molecule has 2 saturated heterocycles. The van der Waals surface area contributed by atoms with Crippen LogP contribution in [0.4, 0.5) is 0 Å². The molecule has 60 heavy (non-hydrogen) atoms. The van der Waals surface area contributed by atoms with E-state index in [0.717, 1.165) is 36.8 Å². The maximum atomic E-state index is 12.6. The SMILES string of the molecule is CC[C@H](C)C(=O)O[C@H]1CC(C)C=C2C=C(O)[C@H](C)[C@H](CCC3C[C@@H](O)CC(=O)O3)[C@H]21.CC[C@H](C)C(=O)O[C@H]1C[C@](C)(O)C=C2C=C[C@H](C)[C@H](CCC3C[C@@H](O)CC(=O)O3)[C@H]21. The minimum atomic E-state index is -1.02. The lowest BCUT2D eigenvalue weighted by Gasteiger charge is -2.45. The number of esters is 4. The zero-order valence-corrected chi connectivity index (χ0v) is 37.1. The number of hydrogen-bond acceptors (Lipinski definition) is 12. The van der Waals surface area contributed by atoms with E-state index in [9.17, 15) is 39.6 Å². The maximum Gasteiger partial charge on any atom is 0.308 e. The van der Waals surface area contributed by atoms with E-state index in [1.54, 1.807) is 6.92 Å². The van der Waals surface area contributed by atoms with Crippen molar-refractivity contribution in [2.75, 3.05) is 0 Å². The van der Waals surface area contributed by atoms with Gasteiger partial charge in [-0.1, -0.05) is 66.7 Å². The first-order chi connectivity index (χ1) is 28.3. The van der Waals surface area contributed by atoms with Gasteiger partial charge in [-0.15, -0.1) is 0 Å². The third-order valence-electron chi connectivity index (χ3n) is 14.0. The molecule has 0 bridgehead atoms. The van der Waals surface area contributed by atoms with Crippen molar-refractivity contribution in [3.63, 3.8) is 0 Å². The maximum absolute atomic E-state index is 12.6. The van der Waals surface area contributed by atoms with E-state index >= 15 is 0 Å². The fourth-order valence-electron chi connectivity index (χ4n) is 10.2. The summed E-state index contributed by atoms with van der Waals surface area (Å²) < 4.78 is 22.8. The average Bonchev–Trinajstić information content (AvgIpc) is 3.16. The van der Waals surface area contributed by atoms with Gasteiger partial charge in [0.05, 0.1) is 48.2 Å². The van der Waals surface area contributed by atoms with E-state index in [-0.39, 0.29) is 108 Å². The van der Waals surface area contributed by atoms with Crippen LogP contribution in [0.2, 0.25) is 0 Å². The fraction of sp³-hybridized carbons (Fsp3) is 0.750. The minimum Gasteiger partial charge on any atom is -0.512 e. The van der Waals surface area contributed by atoms with Crippen LogP contribution in [0.5, 0.6) is 0 Å². The lowest BCUT2D eigenvalue weighted by atomic mass is 9.64. The van der Waals surface area contributed by atoms with E-state index < -0.39 is 23.9 Å². The Bertz CT molecular complexity index is 1660. The second kappa shape index (κ2) is 20.6. The monoisotopic (exact) mass is 841 g/mol. The summed E-state index contributed by atoms with van der Waals surface area (Å²) in [7, 11) is 0. The van der Waals surface area contributed by atoms with Gasteiger partial charge in [-0.25, -0.2) is 0 Å². The number of allylic oxidation sites excluding steroid dienone is 5. The molecule has 0 aromatic heterocycles. The highest BCUT2D eigenvalue weighted by Crippen LogP contribution is 2.48. The van der Waals surface area contributed by atoms with Gasteiger partial charge in [-0.2, -0.15) is 0 Å². The molecule has 2 heterocycles. The van der Waals surface area contributed by atoms with Crippen molar-refractivity contribution in [2.24, 2.45) is 53.3 Å². The minimum absolute atomic E-state index is 0.00227. The van der Waals surface area contributed by atoms with Gasteiger partial charge >= 0.3 is 23.9 Å². The molecule has 12 nitrogen and oxygen atoms in total. The van der Waals surface area contributed by atoms with E-state index in [4.69, 9.17) is 18.9 Å². The van der Waals surface area contributed by atoms with Crippen LogP contribution >= 0.6 is 0 Å². The summed E-state index contributed by atoms with van der Waals surface area (Å²) in [5.74, 6) is -0.297. The van der Waals surface area contributed by atoms with Gasteiger partial charge in [-0.05, 0) is 98.8 Å². The van der Waals surface area contributed by atoms with Crippen LogP contribution in [0.25, 0.3) is 0 Å². The van der Waals surface area contributed by atoms with Gasteiger partial charge in [0.15, 0.2) is 0 Å². The number of rotatable bonds is 12. The molecule has 6 rings (SSSR count). The predicted molar refractivity (Wildman–Crippen MR) is 225 cm³/mol. The fourth-order valence-corrected chi connectivity index (χ4v) is 10.2. The molecule has 0 aromatic carbocycles. The number of aliphatic hydroxyl groups is 4. The lowest BCUT2D eigenvalue weighted by Crippen LogP contribution is -2.46. The number of ether oxygens (including phenoxy) is 4. The molecular formula is C48H72O12. The summed E-state index contributed by atoms with van der Waals surface area (Å²) in [5.41, 5.74) is 1.03. The Balaban J connectivity index is 0.000000228. The van der Waals surface area contributed by atoms with E-state index in [1.165, 1.54) is 0 Å². The number of carbonyl (C=O) groups excluding carboxylic acids is 4. The number of hydrogen-bond donors (Lipinski definition) is 4. The molecule has 16 atom stereocenters. The smallest absolute Gasteiger partial charge is 0.308 e. The van der Waals surface area contributed by atoms with Crippen LogP contribution in [0.1, 0.15) is 132 Å². The highest BCUT2D eigenvalue weighted by atomic mass is 16.6. The third kappa shape index (κ3) is 12.1. The number of cyclic esters (lactones) is 2. The molecule has 2 fully saturated rings. The van der Waals surface area contributed by atoms with Gasteiger partial charge in [-0.3, -0.25) is 19.2 Å². The van der Waals surface area contributed by atoms with Crippen molar-refractivity contribution in [3.05, 3.63) is 47.3 Å². The predicted octanol–water partition coefficient (Wildman–Crippen LogP) is 7.39. The Morgan fingerprint density at radius 3 is 1.85 bits per heavy atom. The van der Waals surface area contributed by atoms with Crippen molar-refractivity contribution >= 4 is 23.9 Å². The van der Waals surface area contributed by atoms with Gasteiger partial charge in [0, 0.05) is 37.0 Å². The summed E-state index contributed by atoms with van der Waals surface area (Å²) in [5, 5.41) is 41.1. The van der Waals surface area contributed by atoms with Crippen molar-refractivity contribution in [1.29, 1.82) is 0 Å². The number of aliphatic hydroxyl groups excluding tert-OH is 3. The van der Waals surface area contributed by atoms with Crippen LogP contribution < -0.4 is 0 Å². The Labute approximate surface area is 356 Å². The van der Waals surface area contributed by atoms with Crippen molar-refractivity contribution in [3.8, 4) is 0 Å². The Kier molecular flexibility index (Phi) is 16.3. The summed E-state index contributed by atoms with van der Waals surface area (Å²) in [4.78, 5) is 48.5. The standard InChI is InChI=1S/2C24H36O6/c1-5-14(3)24(28)30-21-9-13(2)8-16-10-20(26)15(4)19(23(16)21)7-6-18-11-17(25)12-22(27)29-18;1-5-14(2)23(27)30-20-13-24(4,28)12-16-7-6-15(3)19(22(16)20)9-8-18-10-17(25)11-21(26)29-18/h8,10,13-15,17-19,21,23,25-26H,5-7,9,11-12H2,1-4H3;6-7,12,14-15,17-20,22,25,28H,5,8-11,13H2,1-4H3/t13?,14-,15+,17+,18?,19-,21-,23-;14-,15-,17+,18?,19-,20-,22-,24+/m00/s1. The second-order valence-electron chi connectivity index (χ2n) is 19.2. The zero-order chi connectivity index (χ0) is 44.1. The molecule has 336 valence electrons. The van der Waals surface area contributed by atoms with Crippen molar-refractivity contribution in [1.82, 2.24) is 0 Å². The highest BCUT2D eigenvalue weighted by Gasteiger charge is 2.47. The van der Waals surface area contributed by atoms with Crippen LogP contribution in [-0.2, 0) is 38.1 Å².